The Morgan fingerprint density at radius 3 is 2.47 bits per heavy atom. The average Bonchev–Trinajstić information content (AvgIpc) is 2.29. The number of benzene rings is 1. The summed E-state index contributed by atoms with van der Waals surface area (Å²) in [6.45, 7) is 4.53. The maximum atomic E-state index is 9.36. The molecule has 0 heterocycles. The molecule has 0 aliphatic rings. The third-order valence-corrected chi connectivity index (χ3v) is 1.62. The Hall–Kier alpha value is -1.42. The minimum Gasteiger partial charge on any atom is -0.504 e. The Bertz CT molecular complexity index is 277. The van der Waals surface area contributed by atoms with Gasteiger partial charge in [0.1, 0.15) is 0 Å². The maximum Gasteiger partial charge on any atom is 0.160 e. The molecule has 15 heavy (non-hydrogen) atoms. The van der Waals surface area contributed by atoms with Crippen LogP contribution in [0.25, 0.3) is 0 Å². The molecule has 3 N–H and O–H groups in total. The van der Waals surface area contributed by atoms with E-state index in [1.165, 1.54) is 7.11 Å². The standard InChI is InChI=1S/C9H13NO3.C2H6/c1-13-9-3-2-7(6-8(9)12)10-4-5-11;1-2/h2-3,6,10-12H,4-5H2,1H3;1-2H3. The van der Waals surface area contributed by atoms with Crippen LogP contribution < -0.4 is 10.1 Å². The fourth-order valence-electron chi connectivity index (χ4n) is 1.00. The zero-order chi connectivity index (χ0) is 11.7. The molecule has 0 aliphatic carbocycles. The van der Waals surface area contributed by atoms with Crippen molar-refractivity contribution in [2.45, 2.75) is 13.8 Å². The molecule has 0 saturated heterocycles. The number of phenolic OH excluding ortho intramolecular Hbond substituents is 1. The predicted octanol–water partition coefficient (Wildman–Crippen LogP) is 1.83. The first kappa shape index (κ1) is 13.6. The molecule has 1 aromatic carbocycles. The summed E-state index contributed by atoms with van der Waals surface area (Å²) in [5, 5.41) is 20.8. The zero-order valence-electron chi connectivity index (χ0n) is 9.45. The van der Waals surface area contributed by atoms with Crippen LogP contribution in [0.15, 0.2) is 18.2 Å². The van der Waals surface area contributed by atoms with E-state index in [0.29, 0.717) is 12.3 Å². The molecule has 0 radical (unpaired) electrons. The van der Waals surface area contributed by atoms with Gasteiger partial charge in [0.05, 0.1) is 13.7 Å². The number of methoxy groups -OCH3 is 1. The molecule has 0 saturated carbocycles. The Morgan fingerprint density at radius 2 is 2.00 bits per heavy atom. The second kappa shape index (κ2) is 7.94. The lowest BCUT2D eigenvalue weighted by Gasteiger charge is -2.07. The van der Waals surface area contributed by atoms with Gasteiger partial charge in [0, 0.05) is 18.3 Å². The van der Waals surface area contributed by atoms with Crippen molar-refractivity contribution in [3.05, 3.63) is 18.2 Å². The van der Waals surface area contributed by atoms with E-state index in [1.54, 1.807) is 18.2 Å². The summed E-state index contributed by atoms with van der Waals surface area (Å²) in [5.74, 6) is 0.528. The van der Waals surface area contributed by atoms with E-state index in [1.807, 2.05) is 13.8 Å². The van der Waals surface area contributed by atoms with E-state index in [0.717, 1.165) is 5.69 Å². The lowest BCUT2D eigenvalue weighted by atomic mass is 10.3. The summed E-state index contributed by atoms with van der Waals surface area (Å²) >= 11 is 0. The van der Waals surface area contributed by atoms with Gasteiger partial charge in [0.2, 0.25) is 0 Å². The van der Waals surface area contributed by atoms with Crippen LogP contribution in [0.2, 0.25) is 0 Å². The molecule has 0 aliphatic heterocycles. The number of aromatic hydroxyl groups is 1. The van der Waals surface area contributed by atoms with E-state index in [4.69, 9.17) is 9.84 Å². The molecular formula is C11H19NO3. The molecular weight excluding hydrogens is 194 g/mol. The van der Waals surface area contributed by atoms with Crippen LogP contribution in [-0.2, 0) is 0 Å². The van der Waals surface area contributed by atoms with Crippen molar-refractivity contribution in [2.24, 2.45) is 0 Å². The van der Waals surface area contributed by atoms with Crippen LogP contribution in [0.4, 0.5) is 5.69 Å². The van der Waals surface area contributed by atoms with E-state index in [-0.39, 0.29) is 12.4 Å². The van der Waals surface area contributed by atoms with Crippen LogP contribution in [0, 0.1) is 0 Å². The monoisotopic (exact) mass is 213 g/mol. The Kier molecular flexibility index (Phi) is 7.18. The third-order valence-electron chi connectivity index (χ3n) is 1.62. The van der Waals surface area contributed by atoms with Gasteiger partial charge in [-0.15, -0.1) is 0 Å². The molecule has 4 heteroatoms. The van der Waals surface area contributed by atoms with Crippen molar-refractivity contribution in [3.63, 3.8) is 0 Å². The van der Waals surface area contributed by atoms with Crippen molar-refractivity contribution in [2.75, 3.05) is 25.6 Å². The number of nitrogens with one attached hydrogen (secondary N) is 1. The smallest absolute Gasteiger partial charge is 0.160 e. The number of phenols is 1. The van der Waals surface area contributed by atoms with Gasteiger partial charge in [-0.05, 0) is 12.1 Å². The van der Waals surface area contributed by atoms with Gasteiger partial charge in [-0.1, -0.05) is 13.8 Å². The summed E-state index contributed by atoms with van der Waals surface area (Å²) in [4.78, 5) is 0. The molecule has 0 atom stereocenters. The first-order chi connectivity index (χ1) is 7.27. The van der Waals surface area contributed by atoms with Gasteiger partial charge in [-0.3, -0.25) is 0 Å². The first-order valence-corrected chi connectivity index (χ1v) is 4.99. The summed E-state index contributed by atoms with van der Waals surface area (Å²) in [6, 6.07) is 4.98. The Morgan fingerprint density at radius 1 is 1.33 bits per heavy atom. The average molecular weight is 213 g/mol. The third kappa shape index (κ3) is 4.56. The quantitative estimate of drug-likeness (QED) is 0.714. The normalized spacial score (nSPS) is 8.80. The minimum atomic E-state index is 0.0623. The lowest BCUT2D eigenvalue weighted by Crippen LogP contribution is -2.05. The topological polar surface area (TPSA) is 61.7 Å². The highest BCUT2D eigenvalue weighted by Crippen LogP contribution is 2.28. The SMILES string of the molecule is CC.COc1ccc(NCCO)cc1O. The van der Waals surface area contributed by atoms with Gasteiger partial charge in [0.25, 0.3) is 0 Å². The largest absolute Gasteiger partial charge is 0.504 e. The number of aliphatic hydroxyl groups excluding tert-OH is 1. The highest BCUT2D eigenvalue weighted by atomic mass is 16.5. The number of rotatable bonds is 4. The van der Waals surface area contributed by atoms with Gasteiger partial charge >= 0.3 is 0 Å². The van der Waals surface area contributed by atoms with E-state index in [2.05, 4.69) is 5.32 Å². The summed E-state index contributed by atoms with van der Waals surface area (Å²) < 4.78 is 4.88. The number of aliphatic hydroxyl groups is 1. The predicted molar refractivity (Wildman–Crippen MR) is 61.6 cm³/mol. The number of anilines is 1. The number of ether oxygens (including phenoxy) is 1. The molecule has 0 bridgehead atoms. The highest BCUT2D eigenvalue weighted by molar-refractivity contribution is 5.53. The molecule has 4 nitrogen and oxygen atoms in total. The highest BCUT2D eigenvalue weighted by Gasteiger charge is 2.00. The van der Waals surface area contributed by atoms with Gasteiger partial charge in [-0.2, -0.15) is 0 Å². The van der Waals surface area contributed by atoms with Gasteiger partial charge < -0.3 is 20.3 Å². The molecule has 0 spiro atoms. The van der Waals surface area contributed by atoms with Gasteiger partial charge in [0.15, 0.2) is 11.5 Å². The van der Waals surface area contributed by atoms with Crippen LogP contribution in [0.1, 0.15) is 13.8 Å². The zero-order valence-corrected chi connectivity index (χ0v) is 9.45. The molecule has 0 amide bonds. The number of hydrogen-bond acceptors (Lipinski definition) is 4. The second-order valence-electron chi connectivity index (χ2n) is 2.54. The summed E-state index contributed by atoms with van der Waals surface area (Å²) in [5.41, 5.74) is 0.757. The molecule has 1 rings (SSSR count). The van der Waals surface area contributed by atoms with Crippen LogP contribution in [0.5, 0.6) is 11.5 Å². The summed E-state index contributed by atoms with van der Waals surface area (Å²) in [6.07, 6.45) is 0. The van der Waals surface area contributed by atoms with E-state index in [9.17, 15) is 5.11 Å². The molecule has 86 valence electrons. The summed E-state index contributed by atoms with van der Waals surface area (Å²) in [7, 11) is 1.50. The minimum absolute atomic E-state index is 0.0623. The molecule has 0 fully saturated rings. The van der Waals surface area contributed by atoms with Crippen molar-refractivity contribution in [3.8, 4) is 11.5 Å². The molecule has 0 unspecified atom stereocenters. The van der Waals surface area contributed by atoms with Crippen LogP contribution in [-0.4, -0.2) is 30.5 Å². The van der Waals surface area contributed by atoms with Crippen molar-refractivity contribution < 1.29 is 14.9 Å². The fraction of sp³-hybridized carbons (Fsp3) is 0.455. The molecule has 0 aromatic heterocycles. The second-order valence-corrected chi connectivity index (χ2v) is 2.54. The van der Waals surface area contributed by atoms with Gasteiger partial charge in [-0.25, -0.2) is 0 Å². The van der Waals surface area contributed by atoms with Crippen molar-refractivity contribution >= 4 is 5.69 Å². The maximum absolute atomic E-state index is 9.36. The fourth-order valence-corrected chi connectivity index (χ4v) is 1.00. The first-order valence-electron chi connectivity index (χ1n) is 4.99. The van der Waals surface area contributed by atoms with E-state index >= 15 is 0 Å². The number of hydrogen-bond donors (Lipinski definition) is 3. The lowest BCUT2D eigenvalue weighted by molar-refractivity contribution is 0.311. The van der Waals surface area contributed by atoms with Crippen molar-refractivity contribution in [1.82, 2.24) is 0 Å². The van der Waals surface area contributed by atoms with E-state index < -0.39 is 0 Å². The Labute approximate surface area is 90.5 Å². The van der Waals surface area contributed by atoms with Crippen LogP contribution in [0.3, 0.4) is 0 Å². The van der Waals surface area contributed by atoms with Crippen molar-refractivity contribution in [1.29, 1.82) is 0 Å². The van der Waals surface area contributed by atoms with Crippen LogP contribution >= 0.6 is 0 Å². The Balaban J connectivity index is 0.000000921. The molecule has 1 aromatic rings.